The molecule has 1 saturated heterocycles. The van der Waals surface area contributed by atoms with E-state index in [9.17, 15) is 4.79 Å². The van der Waals surface area contributed by atoms with E-state index in [1.54, 1.807) is 0 Å². The van der Waals surface area contributed by atoms with E-state index in [-0.39, 0.29) is 5.91 Å². The van der Waals surface area contributed by atoms with E-state index in [0.717, 1.165) is 46.8 Å². The molecular weight excluding hydrogens is 358 g/mol. The topological polar surface area (TPSA) is 45.2 Å². The number of carbonyl (C=O) groups excluding carboxylic acids is 1. The number of nitrogens with one attached hydrogen (secondary N) is 1. The van der Waals surface area contributed by atoms with Crippen LogP contribution < -0.4 is 10.2 Å². The van der Waals surface area contributed by atoms with Crippen LogP contribution in [0, 0.1) is 0 Å². The van der Waals surface area contributed by atoms with Gasteiger partial charge in [-0.1, -0.05) is 54.6 Å². The van der Waals surface area contributed by atoms with Crippen molar-refractivity contribution < 1.29 is 4.79 Å². The lowest BCUT2D eigenvalue weighted by atomic mass is 10.0. The number of amides is 1. The highest BCUT2D eigenvalue weighted by atomic mass is 16.1. The van der Waals surface area contributed by atoms with E-state index in [1.165, 1.54) is 5.69 Å². The molecule has 4 aromatic rings. The highest BCUT2D eigenvalue weighted by Crippen LogP contribution is 2.27. The van der Waals surface area contributed by atoms with Gasteiger partial charge in [0.15, 0.2) is 0 Å². The molecule has 0 spiro atoms. The quantitative estimate of drug-likeness (QED) is 0.517. The fourth-order valence-electron chi connectivity index (χ4n) is 4.39. The smallest absolute Gasteiger partial charge is 0.252 e. The van der Waals surface area contributed by atoms with Crippen molar-refractivity contribution >= 4 is 33.4 Å². The minimum absolute atomic E-state index is 0.0280. The fourth-order valence-corrected chi connectivity index (χ4v) is 4.39. The molecule has 0 bridgehead atoms. The summed E-state index contributed by atoms with van der Waals surface area (Å²) >= 11 is 0. The zero-order valence-electron chi connectivity index (χ0n) is 16.2. The molecule has 1 amide bonds. The first kappa shape index (κ1) is 17.7. The number of benzene rings is 3. The molecule has 0 radical (unpaired) electrons. The van der Waals surface area contributed by atoms with Crippen molar-refractivity contribution in [2.75, 3.05) is 18.0 Å². The number of aromatic nitrogens is 1. The number of pyridine rings is 1. The minimum Gasteiger partial charge on any atom is -0.367 e. The van der Waals surface area contributed by atoms with Crippen molar-refractivity contribution in [2.24, 2.45) is 0 Å². The van der Waals surface area contributed by atoms with E-state index in [2.05, 4.69) is 34.5 Å². The van der Waals surface area contributed by atoms with Crippen molar-refractivity contribution in [1.82, 2.24) is 10.3 Å². The molecule has 4 nitrogen and oxygen atoms in total. The molecule has 1 aliphatic rings. The van der Waals surface area contributed by atoms with Crippen LogP contribution in [0.15, 0.2) is 78.9 Å². The van der Waals surface area contributed by atoms with Crippen LogP contribution in [0.2, 0.25) is 0 Å². The molecule has 3 aromatic carbocycles. The number of carbonyl (C=O) groups is 1. The summed E-state index contributed by atoms with van der Waals surface area (Å²) in [6.07, 6.45) is 2.24. The summed E-state index contributed by atoms with van der Waals surface area (Å²) < 4.78 is 0. The Kier molecular flexibility index (Phi) is 4.60. The summed E-state index contributed by atoms with van der Waals surface area (Å²) in [4.78, 5) is 20.4. The minimum atomic E-state index is -0.0280. The molecule has 5 rings (SSSR count). The Balaban J connectivity index is 1.44. The molecule has 144 valence electrons. The van der Waals surface area contributed by atoms with Gasteiger partial charge < -0.3 is 10.2 Å². The first-order valence-corrected chi connectivity index (χ1v) is 10.2. The molecule has 1 aliphatic heterocycles. The second-order valence-corrected chi connectivity index (χ2v) is 7.56. The first-order chi connectivity index (χ1) is 14.3. The second-order valence-electron chi connectivity index (χ2n) is 7.56. The van der Waals surface area contributed by atoms with Crippen molar-refractivity contribution in [3.05, 3.63) is 84.4 Å². The van der Waals surface area contributed by atoms with Gasteiger partial charge in [-0.05, 0) is 37.1 Å². The van der Waals surface area contributed by atoms with Crippen molar-refractivity contribution in [3.63, 3.8) is 0 Å². The number of rotatable bonds is 4. The third-order valence-corrected chi connectivity index (χ3v) is 5.78. The van der Waals surface area contributed by atoms with Crippen LogP contribution in [0.25, 0.3) is 21.8 Å². The number of hydrogen-bond donors (Lipinski definition) is 1. The van der Waals surface area contributed by atoms with Gasteiger partial charge in [0.2, 0.25) is 0 Å². The van der Waals surface area contributed by atoms with Gasteiger partial charge in [0.25, 0.3) is 5.91 Å². The Bertz CT molecular complexity index is 1120. The third kappa shape index (κ3) is 3.31. The molecule has 0 saturated carbocycles. The monoisotopic (exact) mass is 381 g/mol. The third-order valence-electron chi connectivity index (χ3n) is 5.78. The van der Waals surface area contributed by atoms with Gasteiger partial charge in [-0.25, -0.2) is 4.98 Å². The normalized spacial score (nSPS) is 16.4. The lowest BCUT2D eigenvalue weighted by Crippen LogP contribution is -2.40. The number of para-hydroxylation sites is 3. The standard InChI is InChI=1S/C25H23N3O/c29-25(26-17-19-11-8-16-28(19)18-9-2-1-3-10-18)24-20-12-4-6-14-22(20)27-23-15-7-5-13-21(23)24/h1-7,9-10,12-15,19H,8,11,16-17H2,(H,26,29). The van der Waals surface area contributed by atoms with Crippen LogP contribution in [-0.2, 0) is 0 Å². The Morgan fingerprint density at radius 2 is 1.52 bits per heavy atom. The summed E-state index contributed by atoms with van der Waals surface area (Å²) in [7, 11) is 0. The number of anilines is 1. The predicted octanol–water partition coefficient (Wildman–Crippen LogP) is 4.79. The maximum absolute atomic E-state index is 13.3. The summed E-state index contributed by atoms with van der Waals surface area (Å²) in [6.45, 7) is 1.67. The van der Waals surface area contributed by atoms with Crippen molar-refractivity contribution in [2.45, 2.75) is 18.9 Å². The van der Waals surface area contributed by atoms with E-state index < -0.39 is 0 Å². The van der Waals surface area contributed by atoms with Gasteiger partial charge in [0, 0.05) is 35.6 Å². The molecule has 1 N–H and O–H groups in total. The maximum atomic E-state index is 13.3. The molecule has 1 aromatic heterocycles. The van der Waals surface area contributed by atoms with E-state index in [0.29, 0.717) is 12.6 Å². The van der Waals surface area contributed by atoms with E-state index in [1.807, 2.05) is 54.6 Å². The van der Waals surface area contributed by atoms with E-state index in [4.69, 9.17) is 4.98 Å². The second kappa shape index (κ2) is 7.55. The van der Waals surface area contributed by atoms with Gasteiger partial charge >= 0.3 is 0 Å². The Morgan fingerprint density at radius 3 is 2.21 bits per heavy atom. The van der Waals surface area contributed by atoms with Gasteiger partial charge in [-0.15, -0.1) is 0 Å². The summed E-state index contributed by atoms with van der Waals surface area (Å²) in [5.41, 5.74) is 3.64. The molecular formula is C25H23N3O. The zero-order valence-corrected chi connectivity index (χ0v) is 16.2. The van der Waals surface area contributed by atoms with Gasteiger partial charge in [-0.3, -0.25) is 4.79 Å². The first-order valence-electron chi connectivity index (χ1n) is 10.2. The highest BCUT2D eigenvalue weighted by Gasteiger charge is 2.25. The zero-order chi connectivity index (χ0) is 19.6. The van der Waals surface area contributed by atoms with Crippen LogP contribution in [0.5, 0.6) is 0 Å². The fraction of sp³-hybridized carbons (Fsp3) is 0.200. The van der Waals surface area contributed by atoms with Crippen molar-refractivity contribution in [3.8, 4) is 0 Å². The maximum Gasteiger partial charge on any atom is 0.252 e. The van der Waals surface area contributed by atoms with Crippen LogP contribution in [0.3, 0.4) is 0 Å². The molecule has 0 aliphatic carbocycles. The van der Waals surface area contributed by atoms with Crippen molar-refractivity contribution in [1.29, 1.82) is 0 Å². The Labute approximate surface area is 170 Å². The lowest BCUT2D eigenvalue weighted by molar-refractivity contribution is 0.0954. The number of fused-ring (bicyclic) bond motifs is 2. The van der Waals surface area contributed by atoms with E-state index >= 15 is 0 Å². The molecule has 2 heterocycles. The highest BCUT2D eigenvalue weighted by molar-refractivity contribution is 6.16. The van der Waals surface area contributed by atoms with Gasteiger partial charge in [-0.2, -0.15) is 0 Å². The molecule has 1 fully saturated rings. The summed E-state index contributed by atoms with van der Waals surface area (Å²) in [5, 5.41) is 5.01. The molecule has 1 unspecified atom stereocenters. The Hall–Kier alpha value is -3.40. The summed E-state index contributed by atoms with van der Waals surface area (Å²) in [6, 6.07) is 26.5. The van der Waals surface area contributed by atoms with Crippen LogP contribution in [0.1, 0.15) is 23.2 Å². The average molecular weight is 381 g/mol. The SMILES string of the molecule is O=C(NCC1CCCN1c1ccccc1)c1c2ccccc2nc2ccccc12. The average Bonchev–Trinajstić information content (AvgIpc) is 3.25. The number of hydrogen-bond acceptors (Lipinski definition) is 3. The van der Waals surface area contributed by atoms with Gasteiger partial charge in [0.1, 0.15) is 0 Å². The molecule has 29 heavy (non-hydrogen) atoms. The Morgan fingerprint density at radius 1 is 0.897 bits per heavy atom. The molecule has 1 atom stereocenters. The predicted molar refractivity (Wildman–Crippen MR) is 118 cm³/mol. The molecule has 4 heteroatoms. The van der Waals surface area contributed by atoms with Crippen LogP contribution in [-0.4, -0.2) is 30.0 Å². The van der Waals surface area contributed by atoms with Gasteiger partial charge in [0.05, 0.1) is 16.6 Å². The lowest BCUT2D eigenvalue weighted by Gasteiger charge is -2.27. The largest absolute Gasteiger partial charge is 0.367 e. The van der Waals surface area contributed by atoms with Crippen LogP contribution >= 0.6 is 0 Å². The number of nitrogens with zero attached hydrogens (tertiary/aromatic N) is 2. The summed E-state index contributed by atoms with van der Waals surface area (Å²) in [5.74, 6) is -0.0280. The van der Waals surface area contributed by atoms with Crippen LogP contribution in [0.4, 0.5) is 5.69 Å².